The van der Waals surface area contributed by atoms with Crippen molar-refractivity contribution in [2.45, 2.75) is 10.8 Å². The van der Waals surface area contributed by atoms with Crippen molar-refractivity contribution < 1.29 is 0 Å². The third-order valence-corrected chi connectivity index (χ3v) is 5.59. The van der Waals surface area contributed by atoms with Crippen LogP contribution in [0.4, 0.5) is 0 Å². The van der Waals surface area contributed by atoms with Gasteiger partial charge in [-0.25, -0.2) is 0 Å². The van der Waals surface area contributed by atoms with E-state index in [0.717, 1.165) is 0 Å². The molecule has 1 heterocycles. The first-order valence-electron chi connectivity index (χ1n) is 4.06. The minimum Gasteiger partial charge on any atom is -0.144 e. The van der Waals surface area contributed by atoms with Crippen LogP contribution in [0.25, 0.3) is 10.1 Å². The molecule has 1 aromatic heterocycles. The second kappa shape index (κ2) is 4.60. The average molecular weight is 355 g/mol. The Kier molecular flexibility index (Phi) is 3.63. The lowest BCUT2D eigenvalue weighted by molar-refractivity contribution is 1.27. The molecular formula is C10H8ClIS2. The Morgan fingerprint density at radius 1 is 1.57 bits per heavy atom. The van der Waals surface area contributed by atoms with E-state index in [4.69, 9.17) is 11.6 Å². The molecule has 0 aliphatic carbocycles. The van der Waals surface area contributed by atoms with E-state index in [1.54, 1.807) is 23.1 Å². The summed E-state index contributed by atoms with van der Waals surface area (Å²) in [6.07, 6.45) is 2.10. The lowest BCUT2D eigenvalue weighted by atomic mass is 10.2. The third-order valence-electron chi connectivity index (χ3n) is 2.08. The van der Waals surface area contributed by atoms with Crippen molar-refractivity contribution in [2.24, 2.45) is 0 Å². The lowest BCUT2D eigenvalue weighted by Gasteiger charge is -2.08. The van der Waals surface area contributed by atoms with Gasteiger partial charge in [0, 0.05) is 24.4 Å². The average Bonchev–Trinajstić information content (AvgIpc) is 2.65. The largest absolute Gasteiger partial charge is 0.144 e. The molecule has 0 saturated heterocycles. The van der Waals surface area contributed by atoms with Gasteiger partial charge in [-0.2, -0.15) is 0 Å². The Bertz CT molecular complexity index is 464. The molecule has 1 aromatic carbocycles. The number of benzene rings is 1. The number of hydrogen-bond acceptors (Lipinski definition) is 2. The zero-order chi connectivity index (χ0) is 10.1. The fraction of sp³-hybridized carbons (Fsp3) is 0.200. The van der Waals surface area contributed by atoms with Crippen LogP contribution in [0.1, 0.15) is 5.56 Å². The number of fused-ring (bicyclic) bond motifs is 1. The normalized spacial score (nSPS) is 11.1. The summed E-state index contributed by atoms with van der Waals surface area (Å²) in [4.78, 5) is 1.33. The summed E-state index contributed by atoms with van der Waals surface area (Å²) in [5, 5.41) is 3.49. The van der Waals surface area contributed by atoms with Gasteiger partial charge in [-0.1, -0.05) is 0 Å². The van der Waals surface area contributed by atoms with Crippen LogP contribution in [0.2, 0.25) is 0 Å². The van der Waals surface area contributed by atoms with Gasteiger partial charge < -0.3 is 0 Å². The predicted molar refractivity (Wildman–Crippen MR) is 75.9 cm³/mol. The summed E-state index contributed by atoms with van der Waals surface area (Å²) in [7, 11) is 0. The molecule has 0 N–H and O–H groups in total. The van der Waals surface area contributed by atoms with Crippen LogP contribution in [0.5, 0.6) is 0 Å². The van der Waals surface area contributed by atoms with E-state index in [0.29, 0.717) is 5.88 Å². The molecule has 0 amide bonds. The summed E-state index contributed by atoms with van der Waals surface area (Å²) in [5.41, 5.74) is 1.25. The summed E-state index contributed by atoms with van der Waals surface area (Å²) in [5.74, 6) is 0.597. The highest BCUT2D eigenvalue weighted by molar-refractivity contribution is 14.1. The van der Waals surface area contributed by atoms with Crippen LogP contribution in [0, 0.1) is 3.57 Å². The Hall–Kier alpha value is 0.550. The van der Waals surface area contributed by atoms with Crippen molar-refractivity contribution in [3.63, 3.8) is 0 Å². The smallest absolute Gasteiger partial charge is 0.0486 e. The van der Waals surface area contributed by atoms with Crippen molar-refractivity contribution in [3.8, 4) is 0 Å². The van der Waals surface area contributed by atoms with Gasteiger partial charge in [-0.3, -0.25) is 0 Å². The standard InChI is InChI=1S/C10H8ClIS2/c1-13-10-6(5-11)4-8-7(9(10)12)2-3-14-8/h2-4H,5H2,1H3. The van der Waals surface area contributed by atoms with Crippen molar-refractivity contribution in [2.75, 3.05) is 6.26 Å². The minimum atomic E-state index is 0.597. The molecule has 0 spiro atoms. The summed E-state index contributed by atoms with van der Waals surface area (Å²) < 4.78 is 2.67. The first-order valence-corrected chi connectivity index (χ1v) is 7.78. The molecule has 14 heavy (non-hydrogen) atoms. The predicted octanol–water partition coefficient (Wildman–Crippen LogP) is 4.97. The SMILES string of the molecule is CSc1c(CCl)cc2sccc2c1I. The third kappa shape index (κ3) is 1.79. The molecule has 0 aliphatic heterocycles. The molecule has 0 aliphatic rings. The molecule has 2 aromatic rings. The van der Waals surface area contributed by atoms with Crippen molar-refractivity contribution >= 4 is 67.4 Å². The molecule has 74 valence electrons. The van der Waals surface area contributed by atoms with Gasteiger partial charge in [-0.05, 0) is 51.9 Å². The summed E-state index contributed by atoms with van der Waals surface area (Å²) in [6.45, 7) is 0. The van der Waals surface area contributed by atoms with Gasteiger partial charge in [0.05, 0.1) is 0 Å². The fourth-order valence-corrected chi connectivity index (χ4v) is 4.91. The highest BCUT2D eigenvalue weighted by Crippen LogP contribution is 2.36. The van der Waals surface area contributed by atoms with Gasteiger partial charge >= 0.3 is 0 Å². The molecule has 0 nitrogen and oxygen atoms in total. The van der Waals surface area contributed by atoms with Crippen LogP contribution in [0.3, 0.4) is 0 Å². The maximum atomic E-state index is 5.94. The highest BCUT2D eigenvalue weighted by atomic mass is 127. The van der Waals surface area contributed by atoms with Gasteiger partial charge in [0.25, 0.3) is 0 Å². The Labute approximate surface area is 110 Å². The molecule has 2 rings (SSSR count). The zero-order valence-electron chi connectivity index (χ0n) is 7.51. The van der Waals surface area contributed by atoms with E-state index in [2.05, 4.69) is 46.4 Å². The fourth-order valence-electron chi connectivity index (χ4n) is 1.42. The number of thiophene rings is 1. The Balaban J connectivity index is 2.79. The molecule has 0 radical (unpaired) electrons. The highest BCUT2D eigenvalue weighted by Gasteiger charge is 2.10. The minimum absolute atomic E-state index is 0.597. The van der Waals surface area contributed by atoms with Gasteiger partial charge in [0.2, 0.25) is 0 Å². The second-order valence-electron chi connectivity index (χ2n) is 2.85. The van der Waals surface area contributed by atoms with Crippen LogP contribution in [-0.4, -0.2) is 6.26 Å². The quantitative estimate of drug-likeness (QED) is 0.417. The summed E-state index contributed by atoms with van der Waals surface area (Å²) >= 11 is 11.9. The molecule has 0 unspecified atom stereocenters. The van der Waals surface area contributed by atoms with Crippen molar-refractivity contribution in [1.29, 1.82) is 0 Å². The summed E-state index contributed by atoms with van der Waals surface area (Å²) in [6, 6.07) is 4.39. The first kappa shape index (κ1) is 11.0. The number of hydrogen-bond donors (Lipinski definition) is 0. The second-order valence-corrected chi connectivity index (χ2v) is 5.96. The zero-order valence-corrected chi connectivity index (χ0v) is 12.1. The van der Waals surface area contributed by atoms with Crippen molar-refractivity contribution in [1.82, 2.24) is 0 Å². The molecule has 4 heteroatoms. The van der Waals surface area contributed by atoms with Gasteiger partial charge in [0.15, 0.2) is 0 Å². The monoisotopic (exact) mass is 354 g/mol. The maximum absolute atomic E-state index is 5.94. The van der Waals surface area contributed by atoms with Crippen LogP contribution in [0.15, 0.2) is 22.4 Å². The molecule has 0 fully saturated rings. The van der Waals surface area contributed by atoms with Crippen molar-refractivity contribution in [3.05, 3.63) is 26.6 Å². The van der Waals surface area contributed by atoms with Crippen LogP contribution < -0.4 is 0 Å². The first-order chi connectivity index (χ1) is 6.77. The molecule has 0 bridgehead atoms. The maximum Gasteiger partial charge on any atom is 0.0486 e. The number of rotatable bonds is 2. The van der Waals surface area contributed by atoms with Crippen LogP contribution >= 0.6 is 57.3 Å². The van der Waals surface area contributed by atoms with Crippen LogP contribution in [-0.2, 0) is 5.88 Å². The lowest BCUT2D eigenvalue weighted by Crippen LogP contribution is -1.87. The van der Waals surface area contributed by atoms with E-state index in [1.165, 1.54) is 24.1 Å². The number of thioether (sulfide) groups is 1. The topological polar surface area (TPSA) is 0 Å². The van der Waals surface area contributed by atoms with E-state index in [-0.39, 0.29) is 0 Å². The van der Waals surface area contributed by atoms with E-state index in [1.807, 2.05) is 0 Å². The Morgan fingerprint density at radius 3 is 3.00 bits per heavy atom. The number of alkyl halides is 1. The van der Waals surface area contributed by atoms with E-state index < -0.39 is 0 Å². The molecular weight excluding hydrogens is 347 g/mol. The van der Waals surface area contributed by atoms with E-state index in [9.17, 15) is 0 Å². The molecule has 0 saturated carbocycles. The van der Waals surface area contributed by atoms with Gasteiger partial charge in [-0.15, -0.1) is 34.7 Å². The number of halogens is 2. The Morgan fingerprint density at radius 2 is 2.36 bits per heavy atom. The van der Waals surface area contributed by atoms with E-state index >= 15 is 0 Å². The molecule has 0 atom stereocenters. The van der Waals surface area contributed by atoms with Gasteiger partial charge in [0.1, 0.15) is 0 Å².